The normalized spacial score (nSPS) is 10.3. The van der Waals surface area contributed by atoms with Gasteiger partial charge in [0.1, 0.15) is 11.3 Å². The number of ether oxygens (including phenoxy) is 1. The molecule has 3 nitrogen and oxygen atoms in total. The van der Waals surface area contributed by atoms with E-state index in [0.29, 0.717) is 4.47 Å². The van der Waals surface area contributed by atoms with E-state index in [1.54, 1.807) is 0 Å². The number of carbonyl (C=O) groups is 1. The van der Waals surface area contributed by atoms with Gasteiger partial charge in [-0.2, -0.15) is 8.78 Å². The lowest BCUT2D eigenvalue weighted by Crippen LogP contribution is -2.07. The number of benzene rings is 1. The predicted molar refractivity (Wildman–Crippen MR) is 47.7 cm³/mol. The number of hydrogen-bond acceptors (Lipinski definition) is 2. The molecule has 0 bridgehead atoms. The van der Waals surface area contributed by atoms with Crippen LogP contribution in [0.15, 0.2) is 22.7 Å². The molecule has 0 atom stereocenters. The molecule has 1 aromatic carbocycles. The first-order valence-electron chi connectivity index (χ1n) is 3.48. The van der Waals surface area contributed by atoms with Crippen molar-refractivity contribution in [2.45, 2.75) is 6.61 Å². The van der Waals surface area contributed by atoms with Gasteiger partial charge in [0.25, 0.3) is 0 Å². The molecule has 0 fully saturated rings. The Kier molecular flexibility index (Phi) is 3.40. The van der Waals surface area contributed by atoms with Crippen molar-refractivity contribution in [2.75, 3.05) is 0 Å². The third kappa shape index (κ3) is 2.66. The number of alkyl halides is 2. The fourth-order valence-corrected chi connectivity index (χ4v) is 1.21. The molecule has 0 spiro atoms. The van der Waals surface area contributed by atoms with Gasteiger partial charge in [0, 0.05) is 4.47 Å². The molecule has 14 heavy (non-hydrogen) atoms. The Bertz CT molecular complexity index is 354. The molecule has 0 heterocycles. The standard InChI is InChI=1S/C8H5BrF2O3/c9-4-1-2-5(7(12)13)6(3-4)14-8(10)11/h1-3,8H,(H,12,13). The molecule has 76 valence electrons. The topological polar surface area (TPSA) is 46.5 Å². The number of hydrogen-bond donors (Lipinski definition) is 1. The summed E-state index contributed by atoms with van der Waals surface area (Å²) in [5.41, 5.74) is -0.298. The van der Waals surface area contributed by atoms with Crippen LogP contribution in [-0.4, -0.2) is 17.7 Å². The second-order valence-corrected chi connectivity index (χ2v) is 3.24. The molecule has 6 heteroatoms. The van der Waals surface area contributed by atoms with E-state index in [0.717, 1.165) is 0 Å². The zero-order valence-electron chi connectivity index (χ0n) is 6.71. The average Bonchev–Trinajstić information content (AvgIpc) is 2.01. The lowest BCUT2D eigenvalue weighted by molar-refractivity contribution is -0.0503. The van der Waals surface area contributed by atoms with Crippen molar-refractivity contribution < 1.29 is 23.4 Å². The van der Waals surface area contributed by atoms with Crippen LogP contribution >= 0.6 is 15.9 Å². The highest BCUT2D eigenvalue weighted by molar-refractivity contribution is 9.10. The summed E-state index contributed by atoms with van der Waals surface area (Å²) in [4.78, 5) is 10.6. The molecule has 0 radical (unpaired) electrons. The maximum Gasteiger partial charge on any atom is 0.387 e. The van der Waals surface area contributed by atoms with E-state index in [1.165, 1.54) is 18.2 Å². The van der Waals surface area contributed by atoms with E-state index < -0.39 is 12.6 Å². The monoisotopic (exact) mass is 266 g/mol. The summed E-state index contributed by atoms with van der Waals surface area (Å²) in [6.07, 6.45) is 0. The van der Waals surface area contributed by atoms with Crippen LogP contribution in [0.3, 0.4) is 0 Å². The Morgan fingerprint density at radius 3 is 2.64 bits per heavy atom. The van der Waals surface area contributed by atoms with Gasteiger partial charge in [-0.25, -0.2) is 4.79 Å². The van der Waals surface area contributed by atoms with Crippen LogP contribution in [0.5, 0.6) is 5.75 Å². The van der Waals surface area contributed by atoms with Gasteiger partial charge in [-0.3, -0.25) is 0 Å². The highest BCUT2D eigenvalue weighted by Gasteiger charge is 2.14. The summed E-state index contributed by atoms with van der Waals surface area (Å²) in [6, 6.07) is 3.79. The van der Waals surface area contributed by atoms with E-state index in [4.69, 9.17) is 5.11 Å². The molecule has 0 aliphatic heterocycles. The summed E-state index contributed by atoms with van der Waals surface area (Å²) in [7, 11) is 0. The molecule has 1 N–H and O–H groups in total. The van der Waals surface area contributed by atoms with Crippen molar-refractivity contribution in [3.63, 3.8) is 0 Å². The van der Waals surface area contributed by atoms with Gasteiger partial charge < -0.3 is 9.84 Å². The predicted octanol–water partition coefficient (Wildman–Crippen LogP) is 2.75. The first kappa shape index (κ1) is 10.9. The quantitative estimate of drug-likeness (QED) is 0.915. The Hall–Kier alpha value is -1.17. The van der Waals surface area contributed by atoms with E-state index >= 15 is 0 Å². The Morgan fingerprint density at radius 2 is 2.14 bits per heavy atom. The fraction of sp³-hybridized carbons (Fsp3) is 0.125. The molecule has 0 saturated heterocycles. The minimum atomic E-state index is -3.04. The zero-order chi connectivity index (χ0) is 10.7. The second kappa shape index (κ2) is 4.36. The van der Waals surface area contributed by atoms with Gasteiger partial charge >= 0.3 is 12.6 Å². The molecule has 0 amide bonds. The van der Waals surface area contributed by atoms with Crippen molar-refractivity contribution in [1.29, 1.82) is 0 Å². The molecular formula is C8H5BrF2O3. The van der Waals surface area contributed by atoms with Crippen LogP contribution in [0, 0.1) is 0 Å². The van der Waals surface area contributed by atoms with Gasteiger partial charge in [0.05, 0.1) is 0 Å². The molecular weight excluding hydrogens is 262 g/mol. The van der Waals surface area contributed by atoms with Crippen LogP contribution in [-0.2, 0) is 0 Å². The zero-order valence-corrected chi connectivity index (χ0v) is 8.29. The van der Waals surface area contributed by atoms with Crippen molar-refractivity contribution in [3.05, 3.63) is 28.2 Å². The minimum Gasteiger partial charge on any atom is -0.478 e. The third-order valence-electron chi connectivity index (χ3n) is 1.39. The van der Waals surface area contributed by atoms with Crippen LogP contribution in [0.2, 0.25) is 0 Å². The molecule has 1 aromatic rings. The smallest absolute Gasteiger partial charge is 0.387 e. The van der Waals surface area contributed by atoms with Crippen LogP contribution in [0.4, 0.5) is 8.78 Å². The number of aromatic carboxylic acids is 1. The Labute approximate surface area is 86.4 Å². The first-order chi connectivity index (χ1) is 6.50. The highest BCUT2D eigenvalue weighted by Crippen LogP contribution is 2.25. The molecule has 0 unspecified atom stereocenters. The van der Waals surface area contributed by atoms with Gasteiger partial charge in [-0.05, 0) is 18.2 Å². The van der Waals surface area contributed by atoms with E-state index in [1.807, 2.05) is 0 Å². The van der Waals surface area contributed by atoms with Gasteiger partial charge in [0.15, 0.2) is 0 Å². The average molecular weight is 267 g/mol. The summed E-state index contributed by atoms with van der Waals surface area (Å²) >= 11 is 3.02. The molecule has 0 aliphatic rings. The number of carboxylic acids is 1. The lowest BCUT2D eigenvalue weighted by Gasteiger charge is -2.07. The number of halogens is 3. The fourth-order valence-electron chi connectivity index (χ4n) is 0.866. The summed E-state index contributed by atoms with van der Waals surface area (Å²) in [5, 5.41) is 8.63. The van der Waals surface area contributed by atoms with Crippen LogP contribution in [0.1, 0.15) is 10.4 Å². The second-order valence-electron chi connectivity index (χ2n) is 2.32. The van der Waals surface area contributed by atoms with Crippen molar-refractivity contribution in [2.24, 2.45) is 0 Å². The largest absolute Gasteiger partial charge is 0.478 e. The lowest BCUT2D eigenvalue weighted by atomic mass is 10.2. The van der Waals surface area contributed by atoms with Crippen LogP contribution < -0.4 is 4.74 Å². The minimum absolute atomic E-state index is 0.298. The maximum atomic E-state index is 11.9. The SMILES string of the molecule is O=C(O)c1ccc(Br)cc1OC(F)F. The summed E-state index contributed by atoms with van der Waals surface area (Å²) in [6.45, 7) is -3.04. The number of rotatable bonds is 3. The summed E-state index contributed by atoms with van der Waals surface area (Å²) < 4.78 is 28.2. The van der Waals surface area contributed by atoms with Gasteiger partial charge in [0.2, 0.25) is 0 Å². The molecule has 1 rings (SSSR count). The van der Waals surface area contributed by atoms with Gasteiger partial charge in [-0.15, -0.1) is 0 Å². The van der Waals surface area contributed by atoms with E-state index in [9.17, 15) is 13.6 Å². The van der Waals surface area contributed by atoms with E-state index in [-0.39, 0.29) is 11.3 Å². The van der Waals surface area contributed by atoms with Crippen molar-refractivity contribution in [3.8, 4) is 5.75 Å². The number of carboxylic acid groups (broad SMARTS) is 1. The molecule has 0 saturated carbocycles. The first-order valence-corrected chi connectivity index (χ1v) is 4.27. The third-order valence-corrected chi connectivity index (χ3v) is 1.88. The van der Waals surface area contributed by atoms with Crippen molar-refractivity contribution in [1.82, 2.24) is 0 Å². The van der Waals surface area contributed by atoms with Crippen LogP contribution in [0.25, 0.3) is 0 Å². The maximum absolute atomic E-state index is 11.9. The van der Waals surface area contributed by atoms with Gasteiger partial charge in [-0.1, -0.05) is 15.9 Å². The highest BCUT2D eigenvalue weighted by atomic mass is 79.9. The van der Waals surface area contributed by atoms with E-state index in [2.05, 4.69) is 20.7 Å². The molecule has 0 aromatic heterocycles. The Balaban J connectivity index is 3.09. The Morgan fingerprint density at radius 1 is 1.50 bits per heavy atom. The molecule has 0 aliphatic carbocycles. The van der Waals surface area contributed by atoms with Crippen molar-refractivity contribution >= 4 is 21.9 Å². The summed E-state index contributed by atoms with van der Waals surface area (Å²) in [5.74, 6) is -1.67.